The van der Waals surface area contributed by atoms with Crippen LogP contribution in [-0.2, 0) is 0 Å². The molecule has 0 amide bonds. The zero-order valence-electron chi connectivity index (χ0n) is 10.7. The van der Waals surface area contributed by atoms with Gasteiger partial charge in [-0.1, -0.05) is 19.1 Å². The van der Waals surface area contributed by atoms with E-state index in [2.05, 4.69) is 16.9 Å². The second-order valence-electron chi connectivity index (χ2n) is 4.19. The van der Waals surface area contributed by atoms with E-state index in [9.17, 15) is 0 Å². The quantitative estimate of drug-likeness (QED) is 0.739. The van der Waals surface area contributed by atoms with Gasteiger partial charge in [-0.25, -0.2) is 9.97 Å². The molecule has 19 heavy (non-hydrogen) atoms. The molecule has 2 aromatic rings. The summed E-state index contributed by atoms with van der Waals surface area (Å²) in [5.41, 5.74) is 18.4. The van der Waals surface area contributed by atoms with Gasteiger partial charge in [-0.05, 0) is 35.9 Å². The predicted molar refractivity (Wildman–Crippen MR) is 78.6 cm³/mol. The van der Waals surface area contributed by atoms with E-state index in [1.165, 1.54) is 17.8 Å². The average molecular weight is 275 g/mol. The maximum Gasteiger partial charge on any atom is 0.196 e. The van der Waals surface area contributed by atoms with E-state index in [0.29, 0.717) is 16.8 Å². The predicted octanol–water partition coefficient (Wildman–Crippen LogP) is 2.20. The molecule has 1 unspecified atom stereocenters. The van der Waals surface area contributed by atoms with Crippen molar-refractivity contribution in [3.05, 3.63) is 35.9 Å². The maximum atomic E-state index is 5.97. The van der Waals surface area contributed by atoms with Gasteiger partial charge in [0.25, 0.3) is 0 Å². The second-order valence-corrected chi connectivity index (χ2v) is 5.23. The van der Waals surface area contributed by atoms with Gasteiger partial charge in [-0.15, -0.1) is 0 Å². The molecule has 1 heterocycles. The van der Waals surface area contributed by atoms with Crippen molar-refractivity contribution in [3.63, 3.8) is 0 Å². The zero-order valence-corrected chi connectivity index (χ0v) is 11.5. The van der Waals surface area contributed by atoms with E-state index in [-0.39, 0.29) is 6.04 Å². The number of anilines is 2. The second kappa shape index (κ2) is 5.90. The van der Waals surface area contributed by atoms with Crippen LogP contribution in [0.2, 0.25) is 0 Å². The van der Waals surface area contributed by atoms with Gasteiger partial charge in [0, 0.05) is 17.0 Å². The first-order chi connectivity index (χ1) is 9.08. The third-order valence-corrected chi connectivity index (χ3v) is 3.58. The fourth-order valence-electron chi connectivity index (χ4n) is 1.63. The van der Waals surface area contributed by atoms with E-state index in [4.69, 9.17) is 17.2 Å². The van der Waals surface area contributed by atoms with Crippen LogP contribution in [0.4, 0.5) is 11.6 Å². The van der Waals surface area contributed by atoms with Gasteiger partial charge in [0.15, 0.2) is 5.16 Å². The normalized spacial score (nSPS) is 12.3. The molecule has 1 aromatic carbocycles. The highest BCUT2D eigenvalue weighted by Gasteiger charge is 2.06. The molecular weight excluding hydrogens is 258 g/mol. The lowest BCUT2D eigenvalue weighted by atomic mass is 10.1. The van der Waals surface area contributed by atoms with Crippen molar-refractivity contribution in [2.24, 2.45) is 5.73 Å². The molecule has 1 aromatic heterocycles. The third-order valence-electron chi connectivity index (χ3n) is 2.70. The highest BCUT2D eigenvalue weighted by molar-refractivity contribution is 7.99. The number of benzene rings is 1. The molecule has 0 aliphatic carbocycles. The first-order valence-electron chi connectivity index (χ1n) is 6.02. The Labute approximate surface area is 116 Å². The Morgan fingerprint density at radius 3 is 2.21 bits per heavy atom. The van der Waals surface area contributed by atoms with Crippen LogP contribution < -0.4 is 17.2 Å². The maximum absolute atomic E-state index is 5.97. The van der Waals surface area contributed by atoms with Crippen molar-refractivity contribution < 1.29 is 0 Å². The highest BCUT2D eigenvalue weighted by Crippen LogP contribution is 2.27. The molecule has 5 nitrogen and oxygen atoms in total. The number of nitrogens with two attached hydrogens (primary N) is 3. The van der Waals surface area contributed by atoms with Crippen LogP contribution >= 0.6 is 11.8 Å². The largest absolute Gasteiger partial charge is 0.383 e. The summed E-state index contributed by atoms with van der Waals surface area (Å²) in [6.07, 6.45) is 0.918. The monoisotopic (exact) mass is 275 g/mol. The lowest BCUT2D eigenvalue weighted by molar-refractivity contribution is 0.698. The zero-order chi connectivity index (χ0) is 13.8. The van der Waals surface area contributed by atoms with Crippen molar-refractivity contribution in [1.29, 1.82) is 0 Å². The molecule has 0 aliphatic rings. The first kappa shape index (κ1) is 13.6. The van der Waals surface area contributed by atoms with Crippen molar-refractivity contribution in [3.8, 4) is 0 Å². The SMILES string of the molecule is CCC(N)c1ccc(Sc2nc(N)cc(N)n2)cc1. The molecule has 0 aliphatic heterocycles. The number of hydrogen-bond acceptors (Lipinski definition) is 6. The molecule has 0 spiro atoms. The minimum atomic E-state index is 0.0818. The van der Waals surface area contributed by atoms with Crippen molar-refractivity contribution >= 4 is 23.4 Å². The molecule has 2 rings (SSSR count). The number of nitrogens with zero attached hydrogens (tertiary/aromatic N) is 2. The first-order valence-corrected chi connectivity index (χ1v) is 6.83. The highest BCUT2D eigenvalue weighted by atomic mass is 32.2. The molecule has 0 fully saturated rings. The van der Waals surface area contributed by atoms with Crippen molar-refractivity contribution in [2.45, 2.75) is 29.4 Å². The lowest BCUT2D eigenvalue weighted by Gasteiger charge is -2.09. The number of rotatable bonds is 4. The summed E-state index contributed by atoms with van der Waals surface area (Å²) >= 11 is 1.42. The van der Waals surface area contributed by atoms with Gasteiger partial charge >= 0.3 is 0 Å². The number of aromatic nitrogens is 2. The summed E-state index contributed by atoms with van der Waals surface area (Å²) in [7, 11) is 0. The summed E-state index contributed by atoms with van der Waals surface area (Å²) in [4.78, 5) is 9.28. The van der Waals surface area contributed by atoms with Crippen LogP contribution in [0.15, 0.2) is 40.4 Å². The smallest absolute Gasteiger partial charge is 0.196 e. The molecule has 100 valence electrons. The van der Waals surface area contributed by atoms with Gasteiger partial charge in [0.05, 0.1) is 0 Å². The topological polar surface area (TPSA) is 104 Å². The van der Waals surface area contributed by atoms with Gasteiger partial charge in [0.1, 0.15) is 11.6 Å². The molecule has 6 N–H and O–H groups in total. The molecular formula is C13H17N5S. The molecule has 6 heteroatoms. The van der Waals surface area contributed by atoms with Crippen molar-refractivity contribution in [1.82, 2.24) is 9.97 Å². The Morgan fingerprint density at radius 1 is 1.11 bits per heavy atom. The van der Waals surface area contributed by atoms with Crippen LogP contribution in [-0.4, -0.2) is 9.97 Å². The van der Waals surface area contributed by atoms with Crippen molar-refractivity contribution in [2.75, 3.05) is 11.5 Å². The summed E-state index contributed by atoms with van der Waals surface area (Å²) in [6.45, 7) is 2.07. The number of nitrogen functional groups attached to an aromatic ring is 2. The summed E-state index contributed by atoms with van der Waals surface area (Å²) in [6, 6.07) is 9.65. The standard InChI is InChI=1S/C13H17N5S/c1-2-10(14)8-3-5-9(6-4-8)19-13-17-11(15)7-12(16)18-13/h3-7,10H,2,14H2,1H3,(H4,15,16,17,18). The van der Waals surface area contributed by atoms with Crippen LogP contribution in [0.1, 0.15) is 24.9 Å². The summed E-state index contributed by atoms with van der Waals surface area (Å²) in [5.74, 6) is 0.749. The third kappa shape index (κ3) is 3.59. The lowest BCUT2D eigenvalue weighted by Crippen LogP contribution is -2.08. The van der Waals surface area contributed by atoms with E-state index in [1.807, 2.05) is 24.3 Å². The van der Waals surface area contributed by atoms with E-state index >= 15 is 0 Å². The Hall–Kier alpha value is -1.79. The minimum Gasteiger partial charge on any atom is -0.383 e. The fraction of sp³-hybridized carbons (Fsp3) is 0.231. The van der Waals surface area contributed by atoms with E-state index < -0.39 is 0 Å². The van der Waals surface area contributed by atoms with E-state index in [1.54, 1.807) is 0 Å². The summed E-state index contributed by atoms with van der Waals surface area (Å²) in [5, 5.41) is 0.546. The Balaban J connectivity index is 2.15. The Bertz CT molecular complexity index is 535. The van der Waals surface area contributed by atoms with Crippen LogP contribution in [0, 0.1) is 0 Å². The molecule has 0 saturated carbocycles. The van der Waals surface area contributed by atoms with Gasteiger partial charge < -0.3 is 17.2 Å². The Morgan fingerprint density at radius 2 is 1.68 bits per heavy atom. The average Bonchev–Trinajstić information content (AvgIpc) is 2.37. The fourth-order valence-corrected chi connectivity index (χ4v) is 2.42. The molecule has 0 bridgehead atoms. The van der Waals surface area contributed by atoms with Crippen LogP contribution in [0.25, 0.3) is 0 Å². The van der Waals surface area contributed by atoms with E-state index in [0.717, 1.165) is 16.9 Å². The minimum absolute atomic E-state index is 0.0818. The van der Waals surface area contributed by atoms with Gasteiger partial charge in [0.2, 0.25) is 0 Å². The molecule has 1 atom stereocenters. The van der Waals surface area contributed by atoms with Crippen LogP contribution in [0.3, 0.4) is 0 Å². The van der Waals surface area contributed by atoms with Crippen LogP contribution in [0.5, 0.6) is 0 Å². The molecule has 0 saturated heterocycles. The summed E-state index contributed by atoms with van der Waals surface area (Å²) < 4.78 is 0. The van der Waals surface area contributed by atoms with Gasteiger partial charge in [-0.2, -0.15) is 0 Å². The number of hydrogen-bond donors (Lipinski definition) is 3. The molecule has 0 radical (unpaired) electrons. The van der Waals surface area contributed by atoms with Gasteiger partial charge in [-0.3, -0.25) is 0 Å². The Kier molecular flexibility index (Phi) is 4.24.